The molecule has 1 aromatic heterocycles. The minimum atomic E-state index is -0.494. The van der Waals surface area contributed by atoms with Crippen molar-refractivity contribution in [1.29, 1.82) is 0 Å². The number of fused-ring (bicyclic) bond motifs is 1. The Bertz CT molecular complexity index is 828. The molecule has 1 heterocycles. The largest absolute Gasteiger partial charge is 0.444 e. The third kappa shape index (κ3) is 8.16. The van der Waals surface area contributed by atoms with Crippen molar-refractivity contribution in [3.05, 3.63) is 42.1 Å². The summed E-state index contributed by atoms with van der Waals surface area (Å²) < 4.78 is 5.15. The zero-order valence-corrected chi connectivity index (χ0v) is 16.7. The number of hydrogen-bond donors (Lipinski definition) is 2. The van der Waals surface area contributed by atoms with E-state index in [0.29, 0.717) is 13.0 Å². The number of nitrogens with zero attached hydrogens (tertiary/aromatic N) is 2. The lowest BCUT2D eigenvalue weighted by Crippen LogP contribution is -2.33. The number of pyridine rings is 1. The number of alkyl carbamates (subject to hydrolysis) is 1. The van der Waals surface area contributed by atoms with Crippen LogP contribution in [0.3, 0.4) is 0 Å². The van der Waals surface area contributed by atoms with Gasteiger partial charge in [0.2, 0.25) is 5.91 Å². The van der Waals surface area contributed by atoms with E-state index in [1.54, 1.807) is 12.4 Å². The highest BCUT2D eigenvalue weighted by molar-refractivity contribution is 5.89. The van der Waals surface area contributed by atoms with Gasteiger partial charge in [-0.25, -0.2) is 10.2 Å². The highest BCUT2D eigenvalue weighted by Crippen LogP contribution is 2.12. The maximum absolute atomic E-state index is 11.8. The van der Waals surface area contributed by atoms with Crippen LogP contribution in [0.4, 0.5) is 4.79 Å². The van der Waals surface area contributed by atoms with E-state index in [-0.39, 0.29) is 5.91 Å². The first kappa shape index (κ1) is 21.3. The Hall–Kier alpha value is -2.96. The van der Waals surface area contributed by atoms with Gasteiger partial charge in [0.1, 0.15) is 5.60 Å². The van der Waals surface area contributed by atoms with Gasteiger partial charge in [0.15, 0.2) is 0 Å². The van der Waals surface area contributed by atoms with Gasteiger partial charge in [0.05, 0.1) is 11.7 Å². The molecule has 0 spiro atoms. The molecule has 28 heavy (non-hydrogen) atoms. The lowest BCUT2D eigenvalue weighted by Gasteiger charge is -2.19. The van der Waals surface area contributed by atoms with Gasteiger partial charge in [0, 0.05) is 24.5 Å². The predicted octanol–water partition coefficient (Wildman–Crippen LogP) is 3.77. The van der Waals surface area contributed by atoms with Crippen LogP contribution in [0.15, 0.2) is 41.6 Å². The van der Waals surface area contributed by atoms with E-state index in [4.69, 9.17) is 4.74 Å². The summed E-state index contributed by atoms with van der Waals surface area (Å²) in [5.41, 5.74) is 3.86. The number of benzene rings is 1. The van der Waals surface area contributed by atoms with Gasteiger partial charge in [-0.2, -0.15) is 5.10 Å². The van der Waals surface area contributed by atoms with E-state index in [9.17, 15) is 9.59 Å². The molecule has 0 bridgehead atoms. The van der Waals surface area contributed by atoms with E-state index >= 15 is 0 Å². The monoisotopic (exact) mass is 384 g/mol. The summed E-state index contributed by atoms with van der Waals surface area (Å²) in [6, 6.07) is 9.66. The van der Waals surface area contributed by atoms with Crippen LogP contribution in [0.5, 0.6) is 0 Å². The Balaban J connectivity index is 1.59. The SMILES string of the molecule is CC(C)(C)OC(=O)NCCCCCC(=O)NN=Cc1ccc2ncccc2c1. The molecule has 0 unspecified atom stereocenters. The first-order chi connectivity index (χ1) is 13.3. The van der Waals surface area contributed by atoms with Crippen molar-refractivity contribution in [3.63, 3.8) is 0 Å². The predicted molar refractivity (Wildman–Crippen MR) is 110 cm³/mol. The molecule has 2 amide bonds. The Morgan fingerprint density at radius 1 is 1.18 bits per heavy atom. The molecule has 0 aliphatic heterocycles. The van der Waals surface area contributed by atoms with Crippen LogP contribution in [0.1, 0.15) is 52.0 Å². The third-order valence-corrected chi connectivity index (χ3v) is 3.78. The van der Waals surface area contributed by atoms with Gasteiger partial charge < -0.3 is 10.1 Å². The average Bonchev–Trinajstić information content (AvgIpc) is 2.63. The summed E-state index contributed by atoms with van der Waals surface area (Å²) in [6.45, 7) is 6.01. The Labute approximate surface area is 165 Å². The minimum absolute atomic E-state index is 0.126. The maximum atomic E-state index is 11.8. The van der Waals surface area contributed by atoms with E-state index in [2.05, 4.69) is 20.8 Å². The number of aromatic nitrogens is 1. The standard InChI is InChI=1S/C21H28N4O3/c1-21(2,3)28-20(27)23-12-6-4-5-9-19(26)25-24-15-16-10-11-18-17(14-16)8-7-13-22-18/h7-8,10-11,13-15H,4-6,9,12H2,1-3H3,(H,23,27)(H,25,26). The van der Waals surface area contributed by atoms with Crippen LogP contribution in [0.2, 0.25) is 0 Å². The van der Waals surface area contributed by atoms with Crippen molar-refractivity contribution in [2.75, 3.05) is 6.54 Å². The van der Waals surface area contributed by atoms with Crippen LogP contribution in [0, 0.1) is 0 Å². The van der Waals surface area contributed by atoms with Crippen LogP contribution >= 0.6 is 0 Å². The van der Waals surface area contributed by atoms with Gasteiger partial charge in [0.25, 0.3) is 0 Å². The number of carbonyl (C=O) groups excluding carboxylic acids is 2. The zero-order chi connectivity index (χ0) is 20.4. The fourth-order valence-corrected chi connectivity index (χ4v) is 2.50. The summed E-state index contributed by atoms with van der Waals surface area (Å²) >= 11 is 0. The lowest BCUT2D eigenvalue weighted by molar-refractivity contribution is -0.121. The van der Waals surface area contributed by atoms with Gasteiger partial charge in [-0.15, -0.1) is 0 Å². The number of nitrogens with one attached hydrogen (secondary N) is 2. The quantitative estimate of drug-likeness (QED) is 0.412. The molecule has 150 valence electrons. The summed E-state index contributed by atoms with van der Waals surface area (Å²) in [6.07, 6.45) is 5.72. The second-order valence-corrected chi connectivity index (χ2v) is 7.49. The van der Waals surface area contributed by atoms with Crippen molar-refractivity contribution >= 4 is 29.1 Å². The Kier molecular flexibility index (Phi) is 7.92. The zero-order valence-electron chi connectivity index (χ0n) is 16.7. The Morgan fingerprint density at radius 3 is 2.79 bits per heavy atom. The van der Waals surface area contributed by atoms with Crippen LogP contribution in [-0.4, -0.2) is 35.3 Å². The van der Waals surface area contributed by atoms with Gasteiger partial charge in [-0.05, 0) is 57.4 Å². The van der Waals surface area contributed by atoms with Gasteiger partial charge in [-0.3, -0.25) is 9.78 Å². The van der Waals surface area contributed by atoms with Crippen molar-refractivity contribution in [3.8, 4) is 0 Å². The number of ether oxygens (including phenoxy) is 1. The fourth-order valence-electron chi connectivity index (χ4n) is 2.50. The number of rotatable bonds is 8. The fraction of sp³-hybridized carbons (Fsp3) is 0.429. The lowest BCUT2D eigenvalue weighted by atomic mass is 10.1. The molecule has 0 atom stereocenters. The third-order valence-electron chi connectivity index (χ3n) is 3.78. The Morgan fingerprint density at radius 2 is 2.00 bits per heavy atom. The summed E-state index contributed by atoms with van der Waals surface area (Å²) in [4.78, 5) is 27.6. The molecular weight excluding hydrogens is 356 g/mol. The second kappa shape index (κ2) is 10.4. The van der Waals surface area contributed by atoms with Crippen molar-refractivity contribution in [2.45, 2.75) is 52.1 Å². The topological polar surface area (TPSA) is 92.7 Å². The first-order valence-corrected chi connectivity index (χ1v) is 9.47. The molecule has 0 saturated carbocycles. The van der Waals surface area contributed by atoms with E-state index in [1.807, 2.05) is 51.1 Å². The molecule has 2 N–H and O–H groups in total. The van der Waals surface area contributed by atoms with E-state index in [0.717, 1.165) is 35.7 Å². The smallest absolute Gasteiger partial charge is 0.407 e. The molecule has 1 aromatic carbocycles. The van der Waals surface area contributed by atoms with Crippen molar-refractivity contribution in [1.82, 2.24) is 15.7 Å². The molecule has 0 fully saturated rings. The molecule has 0 saturated heterocycles. The van der Waals surface area contributed by atoms with Crippen molar-refractivity contribution < 1.29 is 14.3 Å². The molecular formula is C21H28N4O3. The summed E-state index contributed by atoms with van der Waals surface area (Å²) in [7, 11) is 0. The minimum Gasteiger partial charge on any atom is -0.444 e. The highest BCUT2D eigenvalue weighted by Gasteiger charge is 2.15. The number of amides is 2. The van der Waals surface area contributed by atoms with E-state index < -0.39 is 11.7 Å². The number of carbonyl (C=O) groups is 2. The normalized spacial score (nSPS) is 11.5. The van der Waals surface area contributed by atoms with Crippen LogP contribution in [-0.2, 0) is 9.53 Å². The summed E-state index contributed by atoms with van der Waals surface area (Å²) in [5.74, 6) is -0.126. The molecule has 0 aliphatic rings. The van der Waals surface area contributed by atoms with Gasteiger partial charge >= 0.3 is 6.09 Å². The van der Waals surface area contributed by atoms with Crippen LogP contribution in [0.25, 0.3) is 10.9 Å². The van der Waals surface area contributed by atoms with E-state index in [1.165, 1.54) is 0 Å². The number of unbranched alkanes of at least 4 members (excludes halogenated alkanes) is 2. The number of hydrogen-bond acceptors (Lipinski definition) is 5. The molecule has 7 nitrogen and oxygen atoms in total. The van der Waals surface area contributed by atoms with Crippen molar-refractivity contribution in [2.24, 2.45) is 5.10 Å². The molecule has 7 heteroatoms. The molecule has 2 rings (SSSR count). The maximum Gasteiger partial charge on any atom is 0.407 e. The van der Waals surface area contributed by atoms with Gasteiger partial charge in [-0.1, -0.05) is 18.6 Å². The molecule has 2 aromatic rings. The van der Waals surface area contributed by atoms with Crippen LogP contribution < -0.4 is 10.7 Å². The number of hydrazone groups is 1. The summed E-state index contributed by atoms with van der Waals surface area (Å²) in [5, 5.41) is 7.73. The molecule has 0 radical (unpaired) electrons. The molecule has 0 aliphatic carbocycles. The first-order valence-electron chi connectivity index (χ1n) is 9.47. The average molecular weight is 384 g/mol. The second-order valence-electron chi connectivity index (χ2n) is 7.49. The highest BCUT2D eigenvalue weighted by atomic mass is 16.6.